The highest BCUT2D eigenvalue weighted by atomic mass is 32.2. The van der Waals surface area contributed by atoms with E-state index in [9.17, 15) is 13.5 Å². The summed E-state index contributed by atoms with van der Waals surface area (Å²) >= 11 is 0. The largest absolute Gasteiger partial charge is 0.387 e. The molecule has 30 heavy (non-hydrogen) atoms. The highest BCUT2D eigenvalue weighted by molar-refractivity contribution is 7.89. The van der Waals surface area contributed by atoms with Crippen LogP contribution in [-0.2, 0) is 10.0 Å². The molecule has 2 aromatic carbocycles. The average molecular weight is 425 g/mol. The molecule has 0 aliphatic carbocycles. The molecule has 2 heterocycles. The van der Waals surface area contributed by atoms with Crippen LogP contribution in [0.2, 0.25) is 0 Å². The van der Waals surface area contributed by atoms with Crippen LogP contribution in [0.4, 0.5) is 0 Å². The van der Waals surface area contributed by atoms with Gasteiger partial charge in [-0.1, -0.05) is 24.3 Å². The van der Waals surface area contributed by atoms with Crippen molar-refractivity contribution in [1.29, 1.82) is 0 Å². The number of fused-ring (bicyclic) bond motifs is 2. The Morgan fingerprint density at radius 1 is 1.10 bits per heavy atom. The maximum Gasteiger partial charge on any atom is 0.240 e. The topological polar surface area (TPSA) is 107 Å². The van der Waals surface area contributed by atoms with Crippen LogP contribution in [0.5, 0.6) is 0 Å². The van der Waals surface area contributed by atoms with E-state index in [1.54, 1.807) is 49.8 Å². The Bertz CT molecular complexity index is 1270. The second-order valence-corrected chi connectivity index (χ2v) is 9.08. The van der Waals surface area contributed by atoms with Gasteiger partial charge in [0.15, 0.2) is 0 Å². The van der Waals surface area contributed by atoms with Crippen LogP contribution in [0, 0.1) is 0 Å². The number of benzene rings is 2. The van der Waals surface area contributed by atoms with Crippen molar-refractivity contribution in [2.45, 2.75) is 24.0 Å². The second kappa shape index (κ2) is 8.53. The second-order valence-electron chi connectivity index (χ2n) is 7.37. The SMILES string of the molecule is C[C@H](CNCC(O)c1c[nH]c2ccccc12)NS(=O)(=O)c1ccc2cnccc2c1. The molecule has 7 nitrogen and oxygen atoms in total. The number of rotatable bonds is 8. The molecule has 0 fully saturated rings. The van der Waals surface area contributed by atoms with Gasteiger partial charge in [-0.05, 0) is 36.6 Å². The van der Waals surface area contributed by atoms with Crippen LogP contribution in [-0.4, -0.2) is 42.6 Å². The summed E-state index contributed by atoms with van der Waals surface area (Å²) in [5.41, 5.74) is 1.79. The van der Waals surface area contributed by atoms with Crippen LogP contribution in [0.15, 0.2) is 72.0 Å². The molecule has 2 aromatic heterocycles. The third kappa shape index (κ3) is 4.36. The number of para-hydroxylation sites is 1. The molecule has 1 unspecified atom stereocenters. The van der Waals surface area contributed by atoms with Gasteiger partial charge in [-0.2, -0.15) is 0 Å². The van der Waals surface area contributed by atoms with Crippen LogP contribution >= 0.6 is 0 Å². The van der Waals surface area contributed by atoms with Gasteiger partial charge in [0.05, 0.1) is 11.0 Å². The Hall–Kier alpha value is -2.78. The number of nitrogens with one attached hydrogen (secondary N) is 3. The molecule has 0 saturated heterocycles. The van der Waals surface area contributed by atoms with Gasteiger partial charge >= 0.3 is 0 Å². The van der Waals surface area contributed by atoms with Crippen molar-refractivity contribution in [3.63, 3.8) is 0 Å². The third-order valence-corrected chi connectivity index (χ3v) is 6.63. The van der Waals surface area contributed by atoms with Crippen molar-refractivity contribution in [3.05, 3.63) is 72.7 Å². The number of hydrogen-bond acceptors (Lipinski definition) is 5. The lowest BCUT2D eigenvalue weighted by atomic mass is 10.1. The number of aromatic nitrogens is 2. The van der Waals surface area contributed by atoms with Crippen molar-refractivity contribution in [3.8, 4) is 0 Å². The molecular weight excluding hydrogens is 400 g/mol. The maximum atomic E-state index is 12.7. The smallest absolute Gasteiger partial charge is 0.240 e. The Labute approximate surface area is 175 Å². The molecule has 0 saturated carbocycles. The van der Waals surface area contributed by atoms with Gasteiger partial charge in [-0.25, -0.2) is 13.1 Å². The van der Waals surface area contributed by atoms with E-state index in [0.29, 0.717) is 13.1 Å². The minimum absolute atomic E-state index is 0.215. The first-order valence-corrected chi connectivity index (χ1v) is 11.2. The molecule has 0 aliphatic heterocycles. The zero-order valence-corrected chi connectivity index (χ0v) is 17.4. The molecule has 4 aromatic rings. The van der Waals surface area contributed by atoms with Gasteiger partial charge in [0.2, 0.25) is 10.0 Å². The zero-order valence-electron chi connectivity index (χ0n) is 16.5. The lowest BCUT2D eigenvalue weighted by Crippen LogP contribution is -2.40. The summed E-state index contributed by atoms with van der Waals surface area (Å²) < 4.78 is 28.1. The highest BCUT2D eigenvalue weighted by Crippen LogP contribution is 2.23. The first-order chi connectivity index (χ1) is 14.4. The van der Waals surface area contributed by atoms with E-state index < -0.39 is 16.1 Å². The Balaban J connectivity index is 1.35. The monoisotopic (exact) mass is 424 g/mol. The molecule has 2 atom stereocenters. The quantitative estimate of drug-likeness (QED) is 0.348. The summed E-state index contributed by atoms with van der Waals surface area (Å²) in [6.07, 6.45) is 4.44. The highest BCUT2D eigenvalue weighted by Gasteiger charge is 2.18. The maximum absolute atomic E-state index is 12.7. The predicted octanol–water partition coefficient (Wildman–Crippen LogP) is 2.71. The third-order valence-electron chi connectivity index (χ3n) is 5.05. The average Bonchev–Trinajstić information content (AvgIpc) is 3.17. The number of hydrogen-bond donors (Lipinski definition) is 4. The number of aliphatic hydroxyl groups is 1. The summed E-state index contributed by atoms with van der Waals surface area (Å²) in [7, 11) is -3.65. The van der Waals surface area contributed by atoms with Crippen LogP contribution in [0.25, 0.3) is 21.7 Å². The van der Waals surface area contributed by atoms with Gasteiger partial charge in [0, 0.05) is 59.6 Å². The molecule has 0 aliphatic rings. The van der Waals surface area contributed by atoms with Crippen molar-refractivity contribution in [2.75, 3.05) is 13.1 Å². The molecule has 0 bridgehead atoms. The number of H-pyrrole nitrogens is 1. The normalized spacial score (nSPS) is 14.2. The number of sulfonamides is 1. The number of pyridine rings is 1. The minimum atomic E-state index is -3.65. The fourth-order valence-corrected chi connectivity index (χ4v) is 4.80. The van der Waals surface area contributed by atoms with E-state index in [1.807, 2.05) is 24.3 Å². The van der Waals surface area contributed by atoms with E-state index >= 15 is 0 Å². The molecule has 156 valence electrons. The Morgan fingerprint density at radius 2 is 1.93 bits per heavy atom. The number of aromatic amines is 1. The van der Waals surface area contributed by atoms with E-state index in [-0.39, 0.29) is 10.9 Å². The van der Waals surface area contributed by atoms with Crippen LogP contribution in [0.3, 0.4) is 0 Å². The number of nitrogens with zero attached hydrogens (tertiary/aromatic N) is 1. The molecule has 4 rings (SSSR count). The van der Waals surface area contributed by atoms with Gasteiger partial charge in [0.1, 0.15) is 0 Å². The minimum Gasteiger partial charge on any atom is -0.387 e. The molecule has 4 N–H and O–H groups in total. The fourth-order valence-electron chi connectivity index (χ4n) is 3.52. The summed E-state index contributed by atoms with van der Waals surface area (Å²) in [5.74, 6) is 0. The van der Waals surface area contributed by atoms with E-state index in [4.69, 9.17) is 0 Å². The molecule has 8 heteroatoms. The van der Waals surface area contributed by atoms with E-state index in [2.05, 4.69) is 20.0 Å². The van der Waals surface area contributed by atoms with Crippen molar-refractivity contribution >= 4 is 31.7 Å². The standard InChI is InChI=1S/C22H24N4O3S/c1-15(11-24-14-22(27)20-13-25-21-5-3-2-4-19(20)21)26-30(28,29)18-7-6-17-12-23-9-8-16(17)10-18/h2-10,12-13,15,22,24-27H,11,14H2,1H3/t15-,22?/m1/s1. The molecule has 0 amide bonds. The first kappa shape index (κ1) is 20.5. The van der Waals surface area contributed by atoms with Crippen molar-refractivity contribution in [2.24, 2.45) is 0 Å². The Morgan fingerprint density at radius 3 is 2.80 bits per heavy atom. The molecule has 0 spiro atoms. The Kier molecular flexibility index (Phi) is 5.83. The number of aliphatic hydroxyl groups excluding tert-OH is 1. The van der Waals surface area contributed by atoms with Gasteiger partial charge in [0.25, 0.3) is 0 Å². The van der Waals surface area contributed by atoms with Gasteiger partial charge in [-0.15, -0.1) is 0 Å². The molecular formula is C22H24N4O3S. The zero-order chi connectivity index (χ0) is 21.1. The fraction of sp³-hybridized carbons (Fsp3) is 0.227. The lowest BCUT2D eigenvalue weighted by molar-refractivity contribution is 0.175. The summed E-state index contributed by atoms with van der Waals surface area (Å²) in [6.45, 7) is 2.49. The predicted molar refractivity (Wildman–Crippen MR) is 118 cm³/mol. The van der Waals surface area contributed by atoms with Crippen molar-refractivity contribution < 1.29 is 13.5 Å². The van der Waals surface area contributed by atoms with Crippen molar-refractivity contribution in [1.82, 2.24) is 20.0 Å². The summed E-state index contributed by atoms with van der Waals surface area (Å²) in [6, 6.07) is 14.2. The first-order valence-electron chi connectivity index (χ1n) is 9.75. The van der Waals surface area contributed by atoms with Gasteiger partial charge < -0.3 is 15.4 Å². The van der Waals surface area contributed by atoms with Crippen LogP contribution in [0.1, 0.15) is 18.6 Å². The van der Waals surface area contributed by atoms with E-state index in [0.717, 1.165) is 27.2 Å². The lowest BCUT2D eigenvalue weighted by Gasteiger charge is -2.17. The van der Waals surface area contributed by atoms with E-state index in [1.165, 1.54) is 0 Å². The summed E-state index contributed by atoms with van der Waals surface area (Å²) in [4.78, 5) is 7.40. The van der Waals surface area contributed by atoms with Crippen LogP contribution < -0.4 is 10.0 Å². The summed E-state index contributed by atoms with van der Waals surface area (Å²) in [5, 5.41) is 16.3. The molecule has 0 radical (unpaired) electrons. The van der Waals surface area contributed by atoms with Gasteiger partial charge in [-0.3, -0.25) is 4.98 Å².